The van der Waals surface area contributed by atoms with E-state index in [1.807, 2.05) is 22.7 Å². The van der Waals surface area contributed by atoms with Crippen molar-refractivity contribution < 1.29 is 0 Å². The van der Waals surface area contributed by atoms with E-state index in [0.717, 1.165) is 0 Å². The van der Waals surface area contributed by atoms with Crippen molar-refractivity contribution in [3.63, 3.8) is 0 Å². The van der Waals surface area contributed by atoms with Crippen LogP contribution in [0.25, 0.3) is 20.2 Å². The largest absolute Gasteiger partial charge is 0.140 e. The fourth-order valence-corrected chi connectivity index (χ4v) is 3.88. The average Bonchev–Trinajstić information content (AvgIpc) is 2.98. The van der Waals surface area contributed by atoms with Gasteiger partial charge < -0.3 is 0 Å². The zero-order valence-electron chi connectivity index (χ0n) is 10.4. The number of aryl methyl sites for hydroxylation is 2. The second-order valence-electron chi connectivity index (χ2n) is 4.44. The van der Waals surface area contributed by atoms with Crippen molar-refractivity contribution in [1.82, 2.24) is 0 Å². The molecule has 0 N–H and O–H groups in total. The molecule has 3 aromatic rings. The lowest BCUT2D eigenvalue weighted by Gasteiger charge is -1.97. The molecule has 3 rings (SSSR count). The van der Waals surface area contributed by atoms with Crippen LogP contribution in [-0.4, -0.2) is 0 Å². The van der Waals surface area contributed by atoms with Crippen molar-refractivity contribution in [2.75, 3.05) is 0 Å². The molecule has 1 aromatic carbocycles. The second-order valence-corrected chi connectivity index (χ2v) is 6.81. The first kappa shape index (κ1) is 11.7. The van der Waals surface area contributed by atoms with Crippen LogP contribution in [0, 0.1) is 13.8 Å². The maximum atomic E-state index is 2.23. The Morgan fingerprint density at radius 2 is 1.22 bits per heavy atom. The summed E-state index contributed by atoms with van der Waals surface area (Å²) >= 11 is 3.73. The van der Waals surface area contributed by atoms with Crippen molar-refractivity contribution in [1.29, 1.82) is 0 Å². The van der Waals surface area contributed by atoms with Crippen LogP contribution >= 0.6 is 22.7 Å². The third-order valence-corrected chi connectivity index (χ3v) is 5.26. The van der Waals surface area contributed by atoms with Crippen LogP contribution in [0.2, 0.25) is 0 Å². The second kappa shape index (κ2) is 4.71. The summed E-state index contributed by atoms with van der Waals surface area (Å²) in [4.78, 5) is 5.45. The molecule has 2 heteroatoms. The Bertz CT molecular complexity index is 656. The van der Waals surface area contributed by atoms with Gasteiger partial charge in [-0.05, 0) is 43.7 Å². The normalized spacial score (nSPS) is 10.8. The highest BCUT2D eigenvalue weighted by Gasteiger charge is 2.06. The number of hydrogen-bond donors (Lipinski definition) is 0. The standard InChI is InChI=1S/C16H14S2/c1-11-3-6-13(7-4-11)14-9-10-16(18-14)15-8-5-12(2)17-15/h3-10H,1-2H3. The molecule has 0 unspecified atom stereocenters. The molecule has 0 bridgehead atoms. The van der Waals surface area contributed by atoms with Gasteiger partial charge in [0.15, 0.2) is 0 Å². The molecule has 0 aliphatic rings. The van der Waals surface area contributed by atoms with Gasteiger partial charge in [0, 0.05) is 19.5 Å². The predicted octanol–water partition coefficient (Wildman–Crippen LogP) is 5.76. The summed E-state index contributed by atoms with van der Waals surface area (Å²) in [6.07, 6.45) is 0. The lowest BCUT2D eigenvalue weighted by Crippen LogP contribution is -1.72. The molecule has 0 amide bonds. The molecule has 2 heterocycles. The molecule has 0 nitrogen and oxygen atoms in total. The minimum absolute atomic E-state index is 1.31. The van der Waals surface area contributed by atoms with Crippen molar-refractivity contribution in [3.05, 3.63) is 59.0 Å². The van der Waals surface area contributed by atoms with E-state index in [1.165, 1.54) is 30.6 Å². The first-order chi connectivity index (χ1) is 8.72. The molecule has 0 atom stereocenters. The van der Waals surface area contributed by atoms with E-state index in [9.17, 15) is 0 Å². The van der Waals surface area contributed by atoms with Crippen LogP contribution in [0.5, 0.6) is 0 Å². The fraction of sp³-hybridized carbons (Fsp3) is 0.125. The molecule has 0 fully saturated rings. The molecule has 2 aromatic heterocycles. The van der Waals surface area contributed by atoms with Crippen LogP contribution in [0.1, 0.15) is 10.4 Å². The van der Waals surface area contributed by atoms with E-state index < -0.39 is 0 Å². The molecule has 0 saturated carbocycles. The Hall–Kier alpha value is -1.38. The van der Waals surface area contributed by atoms with E-state index >= 15 is 0 Å². The number of hydrogen-bond acceptors (Lipinski definition) is 2. The van der Waals surface area contributed by atoms with Crippen LogP contribution in [-0.2, 0) is 0 Å². The quantitative estimate of drug-likeness (QED) is 0.555. The number of benzene rings is 1. The van der Waals surface area contributed by atoms with Crippen molar-refractivity contribution in [3.8, 4) is 20.2 Å². The highest BCUT2D eigenvalue weighted by molar-refractivity contribution is 7.23. The van der Waals surface area contributed by atoms with Gasteiger partial charge in [0.2, 0.25) is 0 Å². The van der Waals surface area contributed by atoms with Gasteiger partial charge in [0.05, 0.1) is 0 Å². The zero-order valence-corrected chi connectivity index (χ0v) is 12.1. The first-order valence-electron chi connectivity index (χ1n) is 5.96. The molecule has 0 spiro atoms. The van der Waals surface area contributed by atoms with E-state index in [4.69, 9.17) is 0 Å². The molecule has 0 aliphatic heterocycles. The average molecular weight is 270 g/mol. The summed E-state index contributed by atoms with van der Waals surface area (Å²) in [7, 11) is 0. The third-order valence-electron chi connectivity index (χ3n) is 2.93. The van der Waals surface area contributed by atoms with E-state index in [2.05, 4.69) is 62.4 Å². The van der Waals surface area contributed by atoms with E-state index in [0.29, 0.717) is 0 Å². The van der Waals surface area contributed by atoms with E-state index in [1.54, 1.807) is 0 Å². The van der Waals surface area contributed by atoms with Gasteiger partial charge in [-0.15, -0.1) is 22.7 Å². The van der Waals surface area contributed by atoms with Gasteiger partial charge in [0.1, 0.15) is 0 Å². The maximum absolute atomic E-state index is 2.23. The Morgan fingerprint density at radius 3 is 1.89 bits per heavy atom. The Labute approximate surface area is 116 Å². The molecule has 18 heavy (non-hydrogen) atoms. The van der Waals surface area contributed by atoms with Crippen LogP contribution in [0.15, 0.2) is 48.5 Å². The third kappa shape index (κ3) is 2.26. The van der Waals surface area contributed by atoms with Crippen molar-refractivity contribution in [2.24, 2.45) is 0 Å². The predicted molar refractivity (Wildman–Crippen MR) is 82.5 cm³/mol. The lowest BCUT2D eigenvalue weighted by atomic mass is 10.1. The van der Waals surface area contributed by atoms with Gasteiger partial charge in [0.25, 0.3) is 0 Å². The highest BCUT2D eigenvalue weighted by atomic mass is 32.1. The molecular weight excluding hydrogens is 256 g/mol. The van der Waals surface area contributed by atoms with Gasteiger partial charge in [-0.3, -0.25) is 0 Å². The van der Waals surface area contributed by atoms with Crippen LogP contribution in [0.3, 0.4) is 0 Å². The van der Waals surface area contributed by atoms with Gasteiger partial charge in [-0.25, -0.2) is 0 Å². The summed E-state index contributed by atoms with van der Waals surface area (Å²) in [6.45, 7) is 4.28. The van der Waals surface area contributed by atoms with E-state index in [-0.39, 0.29) is 0 Å². The first-order valence-corrected chi connectivity index (χ1v) is 7.59. The topological polar surface area (TPSA) is 0 Å². The summed E-state index contributed by atoms with van der Waals surface area (Å²) in [5.41, 5.74) is 2.62. The SMILES string of the molecule is Cc1ccc(-c2ccc(-c3ccc(C)s3)s2)cc1. The lowest BCUT2D eigenvalue weighted by molar-refractivity contribution is 1.48. The minimum atomic E-state index is 1.31. The van der Waals surface area contributed by atoms with Gasteiger partial charge >= 0.3 is 0 Å². The summed E-state index contributed by atoms with van der Waals surface area (Å²) in [5.74, 6) is 0. The zero-order chi connectivity index (χ0) is 12.5. The van der Waals surface area contributed by atoms with Crippen molar-refractivity contribution >= 4 is 22.7 Å². The molecule has 0 aliphatic carbocycles. The Balaban J connectivity index is 1.96. The fourth-order valence-electron chi connectivity index (χ4n) is 1.91. The van der Waals surface area contributed by atoms with Crippen LogP contribution < -0.4 is 0 Å². The van der Waals surface area contributed by atoms with Crippen molar-refractivity contribution in [2.45, 2.75) is 13.8 Å². The Kier molecular flexibility index (Phi) is 3.06. The van der Waals surface area contributed by atoms with Gasteiger partial charge in [-0.1, -0.05) is 29.8 Å². The Morgan fingerprint density at radius 1 is 0.611 bits per heavy atom. The number of thiophene rings is 2. The number of rotatable bonds is 2. The summed E-state index contributed by atoms with van der Waals surface area (Å²) in [6, 6.07) is 17.6. The molecule has 90 valence electrons. The van der Waals surface area contributed by atoms with Gasteiger partial charge in [-0.2, -0.15) is 0 Å². The van der Waals surface area contributed by atoms with Crippen LogP contribution in [0.4, 0.5) is 0 Å². The molecular formula is C16H14S2. The molecule has 0 radical (unpaired) electrons. The maximum Gasteiger partial charge on any atom is 0.0449 e. The summed E-state index contributed by atoms with van der Waals surface area (Å²) in [5, 5.41) is 0. The minimum Gasteiger partial charge on any atom is -0.140 e. The summed E-state index contributed by atoms with van der Waals surface area (Å²) < 4.78 is 0. The molecule has 0 saturated heterocycles. The smallest absolute Gasteiger partial charge is 0.0449 e. The monoisotopic (exact) mass is 270 g/mol. The highest BCUT2D eigenvalue weighted by Crippen LogP contribution is 2.37.